The van der Waals surface area contributed by atoms with Gasteiger partial charge < -0.3 is 10.0 Å². The molecule has 4 nitrogen and oxygen atoms in total. The Morgan fingerprint density at radius 3 is 2.82 bits per heavy atom. The van der Waals surface area contributed by atoms with Crippen LogP contribution < -0.4 is 0 Å². The van der Waals surface area contributed by atoms with Gasteiger partial charge in [-0.15, -0.1) is 0 Å². The number of carbonyl (C=O) groups is 2. The van der Waals surface area contributed by atoms with E-state index in [9.17, 15) is 9.59 Å². The van der Waals surface area contributed by atoms with Gasteiger partial charge in [0.2, 0.25) is 0 Å². The molecule has 1 atom stereocenters. The average Bonchev–Trinajstić information content (AvgIpc) is 2.92. The Morgan fingerprint density at radius 2 is 2.05 bits per heavy atom. The molecule has 5 heteroatoms. The third-order valence-corrected chi connectivity index (χ3v) is 4.56. The summed E-state index contributed by atoms with van der Waals surface area (Å²) in [6.07, 6.45) is 1.62. The van der Waals surface area contributed by atoms with Gasteiger partial charge in [0, 0.05) is 22.6 Å². The zero-order valence-electron chi connectivity index (χ0n) is 12.0. The molecule has 0 aromatic heterocycles. The van der Waals surface area contributed by atoms with Crippen molar-refractivity contribution >= 4 is 38.6 Å². The largest absolute Gasteiger partial charge is 0.481 e. The Bertz CT molecular complexity index is 744. The molecule has 1 fully saturated rings. The van der Waals surface area contributed by atoms with Crippen molar-refractivity contribution < 1.29 is 14.7 Å². The quantitative estimate of drug-likeness (QED) is 0.906. The van der Waals surface area contributed by atoms with E-state index in [2.05, 4.69) is 15.9 Å². The van der Waals surface area contributed by atoms with Crippen molar-refractivity contribution in [3.05, 3.63) is 46.4 Å². The lowest BCUT2D eigenvalue weighted by Crippen LogP contribution is -2.36. The fourth-order valence-electron chi connectivity index (χ4n) is 3.12. The first kappa shape index (κ1) is 15.0. The first-order valence-electron chi connectivity index (χ1n) is 7.27. The van der Waals surface area contributed by atoms with Crippen LogP contribution in [-0.4, -0.2) is 34.5 Å². The second-order valence-electron chi connectivity index (χ2n) is 5.57. The highest BCUT2D eigenvalue weighted by molar-refractivity contribution is 9.10. The zero-order chi connectivity index (χ0) is 15.7. The monoisotopic (exact) mass is 361 g/mol. The van der Waals surface area contributed by atoms with E-state index in [0.29, 0.717) is 12.1 Å². The van der Waals surface area contributed by atoms with Gasteiger partial charge >= 0.3 is 5.97 Å². The third-order valence-electron chi connectivity index (χ3n) is 4.11. The van der Waals surface area contributed by atoms with E-state index < -0.39 is 5.97 Å². The highest BCUT2D eigenvalue weighted by Gasteiger charge is 2.31. The molecule has 1 amide bonds. The molecule has 0 aliphatic carbocycles. The number of hydrogen-bond donors (Lipinski definition) is 1. The summed E-state index contributed by atoms with van der Waals surface area (Å²) in [5.41, 5.74) is 0.627. The number of amides is 1. The molecule has 1 aliphatic rings. The van der Waals surface area contributed by atoms with Crippen molar-refractivity contribution in [1.29, 1.82) is 0 Å². The molecule has 0 spiro atoms. The Hall–Kier alpha value is -1.88. The molecule has 1 unspecified atom stereocenters. The molecule has 2 aromatic carbocycles. The number of carbonyl (C=O) groups excluding carboxylic acids is 1. The molecule has 1 saturated heterocycles. The molecule has 1 N–H and O–H groups in total. The van der Waals surface area contributed by atoms with Crippen LogP contribution in [0, 0.1) is 0 Å². The van der Waals surface area contributed by atoms with E-state index >= 15 is 0 Å². The molecule has 1 heterocycles. The van der Waals surface area contributed by atoms with Gasteiger partial charge in [0.1, 0.15) is 0 Å². The maximum Gasteiger partial charge on any atom is 0.305 e. The fraction of sp³-hybridized carbons (Fsp3) is 0.294. The molecular weight excluding hydrogens is 346 g/mol. The molecule has 0 saturated carbocycles. The van der Waals surface area contributed by atoms with E-state index in [1.807, 2.05) is 36.4 Å². The smallest absolute Gasteiger partial charge is 0.305 e. The van der Waals surface area contributed by atoms with Crippen LogP contribution in [0.2, 0.25) is 0 Å². The van der Waals surface area contributed by atoms with Gasteiger partial charge in [-0.25, -0.2) is 0 Å². The van der Waals surface area contributed by atoms with Crippen molar-refractivity contribution in [2.24, 2.45) is 0 Å². The second kappa shape index (κ2) is 6.08. The molecule has 0 bridgehead atoms. The van der Waals surface area contributed by atoms with Crippen molar-refractivity contribution in [1.82, 2.24) is 4.90 Å². The topological polar surface area (TPSA) is 57.6 Å². The molecule has 1 aliphatic heterocycles. The van der Waals surface area contributed by atoms with Gasteiger partial charge in [0.25, 0.3) is 5.91 Å². The molecular formula is C17H16BrNO3. The highest BCUT2D eigenvalue weighted by atomic mass is 79.9. The van der Waals surface area contributed by atoms with Crippen molar-refractivity contribution in [2.75, 3.05) is 6.54 Å². The third kappa shape index (κ3) is 2.86. The number of rotatable bonds is 3. The molecule has 0 radical (unpaired) electrons. The summed E-state index contributed by atoms with van der Waals surface area (Å²) in [6, 6.07) is 11.3. The summed E-state index contributed by atoms with van der Waals surface area (Å²) in [5, 5.41) is 10.9. The Balaban J connectivity index is 2.00. The van der Waals surface area contributed by atoms with E-state index in [4.69, 9.17) is 5.11 Å². The minimum Gasteiger partial charge on any atom is -0.481 e. The predicted octanol–water partition coefficient (Wildman–Crippen LogP) is 3.68. The van der Waals surface area contributed by atoms with Gasteiger partial charge in [0.05, 0.1) is 6.42 Å². The van der Waals surface area contributed by atoms with Crippen LogP contribution in [0.15, 0.2) is 40.9 Å². The maximum atomic E-state index is 12.9. The molecule has 22 heavy (non-hydrogen) atoms. The fourth-order valence-corrected chi connectivity index (χ4v) is 3.60. The van der Waals surface area contributed by atoms with Crippen LogP contribution in [0.25, 0.3) is 10.8 Å². The molecule has 114 valence electrons. The molecule has 2 aromatic rings. The summed E-state index contributed by atoms with van der Waals surface area (Å²) in [6.45, 7) is 0.623. The van der Waals surface area contributed by atoms with E-state index in [1.54, 1.807) is 4.90 Å². The first-order valence-corrected chi connectivity index (χ1v) is 8.06. The second-order valence-corrected chi connectivity index (χ2v) is 6.48. The van der Waals surface area contributed by atoms with Crippen molar-refractivity contribution in [2.45, 2.75) is 25.3 Å². The predicted molar refractivity (Wildman–Crippen MR) is 88.0 cm³/mol. The number of carboxylic acids is 1. The number of hydrogen-bond acceptors (Lipinski definition) is 2. The molecule has 3 rings (SSSR count). The van der Waals surface area contributed by atoms with E-state index in [-0.39, 0.29) is 18.4 Å². The number of halogens is 1. The Labute approximate surface area is 136 Å². The summed E-state index contributed by atoms with van der Waals surface area (Å²) in [7, 11) is 0. The summed E-state index contributed by atoms with van der Waals surface area (Å²) in [4.78, 5) is 25.6. The van der Waals surface area contributed by atoms with Crippen LogP contribution in [0.1, 0.15) is 29.6 Å². The minimum absolute atomic E-state index is 0.0116. The number of carboxylic acid groups (broad SMARTS) is 1. The number of likely N-dealkylation sites (tertiary alicyclic amines) is 1. The van der Waals surface area contributed by atoms with Gasteiger partial charge in [-0.3, -0.25) is 9.59 Å². The van der Waals surface area contributed by atoms with Gasteiger partial charge in [-0.2, -0.15) is 0 Å². The first-order chi connectivity index (χ1) is 10.6. The SMILES string of the molecule is O=C(O)CC1CCCN1C(=O)c1cc(Br)cc2ccccc12. The van der Waals surface area contributed by atoms with E-state index in [0.717, 1.165) is 28.1 Å². The number of nitrogens with zero attached hydrogens (tertiary/aromatic N) is 1. The Morgan fingerprint density at radius 1 is 1.27 bits per heavy atom. The summed E-state index contributed by atoms with van der Waals surface area (Å²) in [5.74, 6) is -0.940. The van der Waals surface area contributed by atoms with Crippen LogP contribution in [0.4, 0.5) is 0 Å². The van der Waals surface area contributed by atoms with Gasteiger partial charge in [-0.1, -0.05) is 40.2 Å². The standard InChI is InChI=1S/C17H16BrNO3/c18-12-8-11-4-1-2-6-14(11)15(9-12)17(22)19-7-3-5-13(19)10-16(20)21/h1-2,4,6,8-9,13H,3,5,7,10H2,(H,20,21). The minimum atomic E-state index is -0.858. The summed E-state index contributed by atoms with van der Waals surface area (Å²) >= 11 is 3.45. The van der Waals surface area contributed by atoms with Crippen molar-refractivity contribution in [3.63, 3.8) is 0 Å². The number of aliphatic carboxylic acids is 1. The van der Waals surface area contributed by atoms with Crippen LogP contribution in [-0.2, 0) is 4.79 Å². The van der Waals surface area contributed by atoms with E-state index in [1.165, 1.54) is 0 Å². The highest BCUT2D eigenvalue weighted by Crippen LogP contribution is 2.28. The maximum absolute atomic E-state index is 12.9. The zero-order valence-corrected chi connectivity index (χ0v) is 13.5. The van der Waals surface area contributed by atoms with Crippen LogP contribution >= 0.6 is 15.9 Å². The average molecular weight is 362 g/mol. The lowest BCUT2D eigenvalue weighted by Gasteiger charge is -2.24. The summed E-state index contributed by atoms with van der Waals surface area (Å²) < 4.78 is 0.850. The lowest BCUT2D eigenvalue weighted by molar-refractivity contribution is -0.137. The normalized spacial score (nSPS) is 17.9. The van der Waals surface area contributed by atoms with Gasteiger partial charge in [-0.05, 0) is 35.7 Å². The van der Waals surface area contributed by atoms with Crippen LogP contribution in [0.5, 0.6) is 0 Å². The number of fused-ring (bicyclic) bond motifs is 1. The Kier molecular flexibility index (Phi) is 4.16. The van der Waals surface area contributed by atoms with Crippen LogP contribution in [0.3, 0.4) is 0 Å². The lowest BCUT2D eigenvalue weighted by atomic mass is 10.0. The number of benzene rings is 2. The van der Waals surface area contributed by atoms with Gasteiger partial charge in [0.15, 0.2) is 0 Å². The van der Waals surface area contributed by atoms with Crippen molar-refractivity contribution in [3.8, 4) is 0 Å².